The highest BCUT2D eigenvalue weighted by Gasteiger charge is 2.15. The average Bonchev–Trinajstić information content (AvgIpc) is 2.87. The number of carbonyl (C=O) groups is 1. The Morgan fingerprint density at radius 2 is 1.44 bits per heavy atom. The Hall–Kier alpha value is -4.84. The second kappa shape index (κ2) is 7.94. The van der Waals surface area contributed by atoms with Crippen LogP contribution in [0.2, 0.25) is 0 Å². The maximum Gasteiger partial charge on any atom is 0.347 e. The summed E-state index contributed by atoms with van der Waals surface area (Å²) < 4.78 is 5.48. The first kappa shape index (κ1) is 19.8. The lowest BCUT2D eigenvalue weighted by Gasteiger charge is -2.11. The molecule has 0 radical (unpaired) electrons. The number of nitrogens with zero attached hydrogens (tertiary/aromatic N) is 2. The number of fused-ring (bicyclic) bond motifs is 3. The van der Waals surface area contributed by atoms with Crippen LogP contribution in [-0.2, 0) is 0 Å². The van der Waals surface area contributed by atoms with Crippen molar-refractivity contribution < 1.29 is 9.21 Å². The Morgan fingerprint density at radius 1 is 0.706 bits per heavy atom. The van der Waals surface area contributed by atoms with Crippen molar-refractivity contribution in [2.24, 2.45) is 0 Å². The Kier molecular flexibility index (Phi) is 4.63. The molecule has 6 nitrogen and oxygen atoms in total. The summed E-state index contributed by atoms with van der Waals surface area (Å²) in [5, 5.41) is 5.34. The number of aromatic nitrogens is 2. The Labute approximate surface area is 193 Å². The van der Waals surface area contributed by atoms with Gasteiger partial charge in [-0.1, -0.05) is 48.5 Å². The van der Waals surface area contributed by atoms with Gasteiger partial charge in [0.05, 0.1) is 33.2 Å². The highest BCUT2D eigenvalue weighted by atomic mass is 16.4. The molecular formula is C28H17N3O3. The molecule has 0 aliphatic rings. The largest absolute Gasteiger partial charge is 0.403 e. The van der Waals surface area contributed by atoms with Crippen LogP contribution >= 0.6 is 0 Å². The standard InChI is InChI=1S/C28H17N3O3/c32-26(19-14-13-18-15-17-7-1-4-10-22(17)29-25(18)16-19)30-23-11-5-2-8-20(23)27-31-24-12-6-3-9-21(24)28(33)34-27/h1-16H,(H,30,32). The zero-order valence-electron chi connectivity index (χ0n) is 17.9. The van der Waals surface area contributed by atoms with E-state index in [9.17, 15) is 9.59 Å². The van der Waals surface area contributed by atoms with Gasteiger partial charge in [-0.05, 0) is 48.5 Å². The summed E-state index contributed by atoms with van der Waals surface area (Å²) in [6.45, 7) is 0. The SMILES string of the molecule is O=C(Nc1ccccc1-c1nc2ccccc2c(=O)o1)c1ccc2cc3ccccc3nc2c1. The highest BCUT2D eigenvalue weighted by Crippen LogP contribution is 2.28. The molecule has 0 atom stereocenters. The maximum absolute atomic E-state index is 13.1. The Bertz CT molecular complexity index is 1790. The average molecular weight is 443 g/mol. The number of amides is 1. The van der Waals surface area contributed by atoms with E-state index in [1.165, 1.54) is 0 Å². The molecule has 0 saturated carbocycles. The van der Waals surface area contributed by atoms with E-state index >= 15 is 0 Å². The van der Waals surface area contributed by atoms with Gasteiger partial charge in [-0.25, -0.2) is 14.8 Å². The number of nitrogens with one attached hydrogen (secondary N) is 1. The molecular weight excluding hydrogens is 426 g/mol. The lowest BCUT2D eigenvalue weighted by atomic mass is 10.1. The number of benzene rings is 4. The summed E-state index contributed by atoms with van der Waals surface area (Å²) in [6, 6.07) is 29.4. The summed E-state index contributed by atoms with van der Waals surface area (Å²) in [5.41, 5.74) is 3.14. The van der Waals surface area contributed by atoms with Gasteiger partial charge in [-0.15, -0.1) is 0 Å². The van der Waals surface area contributed by atoms with E-state index in [1.807, 2.05) is 36.4 Å². The molecule has 6 aromatic rings. The first-order valence-corrected chi connectivity index (χ1v) is 10.8. The Morgan fingerprint density at radius 3 is 2.35 bits per heavy atom. The van der Waals surface area contributed by atoms with Crippen LogP contribution < -0.4 is 10.9 Å². The third-order valence-corrected chi connectivity index (χ3v) is 5.72. The molecule has 0 aliphatic carbocycles. The number of hydrogen-bond acceptors (Lipinski definition) is 5. The lowest BCUT2D eigenvalue weighted by Crippen LogP contribution is -2.13. The van der Waals surface area contributed by atoms with Gasteiger partial charge in [-0.3, -0.25) is 4.79 Å². The van der Waals surface area contributed by atoms with Crippen molar-refractivity contribution in [3.05, 3.63) is 113 Å². The molecule has 6 heteroatoms. The van der Waals surface area contributed by atoms with Gasteiger partial charge in [0.1, 0.15) is 0 Å². The third kappa shape index (κ3) is 3.47. The fraction of sp³-hybridized carbons (Fsp3) is 0. The van der Waals surface area contributed by atoms with Crippen LogP contribution in [0.1, 0.15) is 10.4 Å². The van der Waals surface area contributed by atoms with Crippen LogP contribution in [0.5, 0.6) is 0 Å². The molecule has 0 saturated heterocycles. The second-order valence-corrected chi connectivity index (χ2v) is 7.91. The van der Waals surface area contributed by atoms with Crippen LogP contribution in [0.3, 0.4) is 0 Å². The van der Waals surface area contributed by atoms with Crippen molar-refractivity contribution in [2.75, 3.05) is 5.32 Å². The molecule has 4 aromatic carbocycles. The van der Waals surface area contributed by atoms with Gasteiger partial charge in [0.2, 0.25) is 5.89 Å². The molecule has 6 rings (SSSR count). The molecule has 2 heterocycles. The van der Waals surface area contributed by atoms with Crippen molar-refractivity contribution in [1.29, 1.82) is 0 Å². The van der Waals surface area contributed by atoms with Crippen molar-refractivity contribution >= 4 is 44.3 Å². The molecule has 1 N–H and O–H groups in total. The summed E-state index contributed by atoms with van der Waals surface area (Å²) in [4.78, 5) is 34.8. The quantitative estimate of drug-likeness (QED) is 0.349. The first-order chi connectivity index (χ1) is 16.7. The van der Waals surface area contributed by atoms with Crippen LogP contribution in [0, 0.1) is 0 Å². The van der Waals surface area contributed by atoms with Crippen LogP contribution in [0.4, 0.5) is 5.69 Å². The van der Waals surface area contributed by atoms with Gasteiger partial charge < -0.3 is 9.73 Å². The van der Waals surface area contributed by atoms with Crippen LogP contribution in [0.25, 0.3) is 44.2 Å². The summed E-state index contributed by atoms with van der Waals surface area (Å²) in [5.74, 6) is -0.154. The molecule has 0 unspecified atom stereocenters. The molecule has 0 bridgehead atoms. The number of carbonyl (C=O) groups excluding carboxylic acids is 1. The fourth-order valence-electron chi connectivity index (χ4n) is 4.02. The van der Waals surface area contributed by atoms with E-state index in [0.717, 1.165) is 21.8 Å². The summed E-state index contributed by atoms with van der Waals surface area (Å²) in [7, 11) is 0. The van der Waals surface area contributed by atoms with Gasteiger partial charge in [-0.2, -0.15) is 0 Å². The maximum atomic E-state index is 13.1. The zero-order chi connectivity index (χ0) is 23.1. The van der Waals surface area contributed by atoms with Crippen LogP contribution in [0.15, 0.2) is 106 Å². The van der Waals surface area contributed by atoms with E-state index in [2.05, 4.69) is 16.4 Å². The van der Waals surface area contributed by atoms with Gasteiger partial charge in [0.25, 0.3) is 5.91 Å². The smallest absolute Gasteiger partial charge is 0.347 e. The van der Waals surface area contributed by atoms with Gasteiger partial charge in [0.15, 0.2) is 0 Å². The molecule has 2 aromatic heterocycles. The number of rotatable bonds is 3. The normalized spacial score (nSPS) is 11.2. The topological polar surface area (TPSA) is 85.1 Å². The minimum atomic E-state index is -0.477. The van der Waals surface area contributed by atoms with Crippen molar-refractivity contribution in [3.63, 3.8) is 0 Å². The fourth-order valence-corrected chi connectivity index (χ4v) is 4.02. The minimum Gasteiger partial charge on any atom is -0.403 e. The van der Waals surface area contributed by atoms with E-state index < -0.39 is 5.63 Å². The molecule has 1 amide bonds. The van der Waals surface area contributed by atoms with E-state index in [-0.39, 0.29) is 11.8 Å². The predicted molar refractivity (Wildman–Crippen MR) is 133 cm³/mol. The van der Waals surface area contributed by atoms with E-state index in [4.69, 9.17) is 9.40 Å². The number of anilines is 1. The minimum absolute atomic E-state index is 0.145. The van der Waals surface area contributed by atoms with Crippen molar-refractivity contribution in [1.82, 2.24) is 9.97 Å². The van der Waals surface area contributed by atoms with Crippen LogP contribution in [-0.4, -0.2) is 15.9 Å². The molecule has 34 heavy (non-hydrogen) atoms. The predicted octanol–water partition coefficient (Wildman–Crippen LogP) is 5.81. The third-order valence-electron chi connectivity index (χ3n) is 5.72. The summed E-state index contributed by atoms with van der Waals surface area (Å²) >= 11 is 0. The lowest BCUT2D eigenvalue weighted by molar-refractivity contribution is 0.102. The van der Waals surface area contributed by atoms with Gasteiger partial charge >= 0.3 is 5.63 Å². The van der Waals surface area contributed by atoms with E-state index in [0.29, 0.717) is 27.7 Å². The molecule has 162 valence electrons. The number of para-hydroxylation sites is 3. The second-order valence-electron chi connectivity index (χ2n) is 7.91. The molecule has 0 spiro atoms. The number of pyridine rings is 1. The zero-order valence-corrected chi connectivity index (χ0v) is 17.9. The highest BCUT2D eigenvalue weighted by molar-refractivity contribution is 6.08. The molecule has 0 aliphatic heterocycles. The molecule has 0 fully saturated rings. The number of hydrogen-bond donors (Lipinski definition) is 1. The van der Waals surface area contributed by atoms with E-state index in [1.54, 1.807) is 54.6 Å². The van der Waals surface area contributed by atoms with Crippen molar-refractivity contribution in [2.45, 2.75) is 0 Å². The van der Waals surface area contributed by atoms with Gasteiger partial charge in [0, 0.05) is 16.3 Å². The van der Waals surface area contributed by atoms with Crippen molar-refractivity contribution in [3.8, 4) is 11.5 Å². The first-order valence-electron chi connectivity index (χ1n) is 10.8. The Balaban J connectivity index is 1.37. The monoisotopic (exact) mass is 443 g/mol. The summed E-state index contributed by atoms with van der Waals surface area (Å²) in [6.07, 6.45) is 0.